The number of nitrogens with one attached hydrogen (secondary N) is 2. The molecule has 2 aromatic rings. The summed E-state index contributed by atoms with van der Waals surface area (Å²) in [7, 11) is 0. The Morgan fingerprint density at radius 2 is 1.77 bits per heavy atom. The molecule has 1 aliphatic heterocycles. The van der Waals surface area contributed by atoms with Crippen molar-refractivity contribution in [1.82, 2.24) is 10.6 Å². The number of rotatable bonds is 8. The average Bonchev–Trinajstić information content (AvgIpc) is 2.76. The van der Waals surface area contributed by atoms with Crippen molar-refractivity contribution < 1.29 is 23.8 Å². The van der Waals surface area contributed by atoms with E-state index in [0.29, 0.717) is 12.1 Å². The topological polar surface area (TPSA) is 87.7 Å². The first kappa shape index (κ1) is 21.7. The minimum atomic E-state index is -0.679. The second-order valence-electron chi connectivity index (χ2n) is 7.08. The van der Waals surface area contributed by atoms with Crippen molar-refractivity contribution in [1.29, 1.82) is 0 Å². The first-order valence-corrected chi connectivity index (χ1v) is 9.87. The second kappa shape index (κ2) is 10.7. The quantitative estimate of drug-likeness (QED) is 0.579. The number of aliphatic hydroxyl groups excluding tert-OH is 1. The van der Waals surface area contributed by atoms with Crippen LogP contribution in [0.4, 0.5) is 4.39 Å². The molecule has 0 bridgehead atoms. The number of ether oxygens (including phenoxy) is 1. The van der Waals surface area contributed by atoms with Gasteiger partial charge in [-0.25, -0.2) is 4.39 Å². The van der Waals surface area contributed by atoms with Gasteiger partial charge in [0.25, 0.3) is 5.91 Å². The highest BCUT2D eigenvalue weighted by molar-refractivity contribution is 5.94. The van der Waals surface area contributed by atoms with Gasteiger partial charge in [0.1, 0.15) is 11.9 Å². The highest BCUT2D eigenvalue weighted by atomic mass is 19.1. The van der Waals surface area contributed by atoms with Crippen LogP contribution in [0.3, 0.4) is 0 Å². The number of hydrogen-bond donors (Lipinski definition) is 3. The SMILES string of the molecule is O=C(C[C@@H]1C=C[C@H](NC(=O)c2ccc(F)cc2)[C@@H](CO)O1)NCCc1ccccc1. The van der Waals surface area contributed by atoms with E-state index >= 15 is 0 Å². The molecule has 0 spiro atoms. The van der Waals surface area contributed by atoms with Crippen LogP contribution in [0.2, 0.25) is 0 Å². The van der Waals surface area contributed by atoms with Gasteiger partial charge in [0, 0.05) is 12.1 Å². The molecule has 1 heterocycles. The van der Waals surface area contributed by atoms with Gasteiger partial charge in [-0.15, -0.1) is 0 Å². The fourth-order valence-corrected chi connectivity index (χ4v) is 3.22. The Kier molecular flexibility index (Phi) is 7.70. The van der Waals surface area contributed by atoms with Gasteiger partial charge in [0.2, 0.25) is 5.91 Å². The molecule has 0 aliphatic carbocycles. The van der Waals surface area contributed by atoms with Crippen molar-refractivity contribution in [2.24, 2.45) is 0 Å². The zero-order valence-electron chi connectivity index (χ0n) is 16.5. The van der Waals surface area contributed by atoms with Gasteiger partial charge in [0.05, 0.1) is 25.2 Å². The fraction of sp³-hybridized carbons (Fsp3) is 0.304. The van der Waals surface area contributed by atoms with E-state index in [1.54, 1.807) is 12.2 Å². The molecular weight excluding hydrogens is 387 g/mol. The van der Waals surface area contributed by atoms with E-state index in [2.05, 4.69) is 10.6 Å². The van der Waals surface area contributed by atoms with Crippen molar-refractivity contribution in [3.05, 3.63) is 83.7 Å². The molecule has 0 radical (unpaired) electrons. The minimum Gasteiger partial charge on any atom is -0.394 e. The molecule has 3 rings (SSSR count). The molecule has 0 aromatic heterocycles. The van der Waals surface area contributed by atoms with Crippen LogP contribution in [0.1, 0.15) is 22.3 Å². The molecule has 3 N–H and O–H groups in total. The van der Waals surface area contributed by atoms with Crippen LogP contribution < -0.4 is 10.6 Å². The number of halogens is 1. The third-order valence-electron chi connectivity index (χ3n) is 4.83. The summed E-state index contributed by atoms with van der Waals surface area (Å²) in [5.74, 6) is -0.972. The number of carbonyl (C=O) groups is 2. The zero-order valence-corrected chi connectivity index (χ0v) is 16.5. The summed E-state index contributed by atoms with van der Waals surface area (Å²) in [5, 5.41) is 15.3. The summed E-state index contributed by atoms with van der Waals surface area (Å²) in [5.41, 5.74) is 1.45. The Balaban J connectivity index is 1.48. The Morgan fingerprint density at radius 3 is 2.47 bits per heavy atom. The highest BCUT2D eigenvalue weighted by Gasteiger charge is 2.29. The Bertz CT molecular complexity index is 871. The Labute approximate surface area is 174 Å². The summed E-state index contributed by atoms with van der Waals surface area (Å²) < 4.78 is 18.8. The summed E-state index contributed by atoms with van der Waals surface area (Å²) in [6.07, 6.45) is 3.12. The van der Waals surface area contributed by atoms with Crippen LogP contribution in [-0.4, -0.2) is 48.3 Å². The maximum atomic E-state index is 13.0. The third kappa shape index (κ3) is 6.23. The second-order valence-corrected chi connectivity index (χ2v) is 7.08. The van der Waals surface area contributed by atoms with E-state index in [9.17, 15) is 19.1 Å². The minimum absolute atomic E-state index is 0.125. The van der Waals surface area contributed by atoms with E-state index in [-0.39, 0.29) is 18.9 Å². The highest BCUT2D eigenvalue weighted by Crippen LogP contribution is 2.16. The van der Waals surface area contributed by atoms with Gasteiger partial charge in [-0.1, -0.05) is 42.5 Å². The summed E-state index contributed by atoms with van der Waals surface area (Å²) in [6, 6.07) is 14.5. The number of carbonyl (C=O) groups excluding carboxylic acids is 2. The molecule has 0 saturated carbocycles. The summed E-state index contributed by atoms with van der Waals surface area (Å²) >= 11 is 0. The molecule has 30 heavy (non-hydrogen) atoms. The lowest BCUT2D eigenvalue weighted by Crippen LogP contribution is -2.49. The average molecular weight is 412 g/mol. The fourth-order valence-electron chi connectivity index (χ4n) is 3.22. The molecule has 6 nitrogen and oxygen atoms in total. The van der Waals surface area contributed by atoms with Gasteiger partial charge < -0.3 is 20.5 Å². The molecule has 3 atom stereocenters. The predicted octanol–water partition coefficient (Wildman–Crippen LogP) is 1.99. The van der Waals surface area contributed by atoms with Crippen LogP contribution in [0, 0.1) is 5.82 Å². The van der Waals surface area contributed by atoms with Crippen LogP contribution >= 0.6 is 0 Å². The van der Waals surface area contributed by atoms with Gasteiger partial charge in [-0.2, -0.15) is 0 Å². The van der Waals surface area contributed by atoms with Crippen molar-refractivity contribution in [2.45, 2.75) is 31.1 Å². The number of hydrogen-bond acceptors (Lipinski definition) is 4. The molecule has 0 saturated heterocycles. The monoisotopic (exact) mass is 412 g/mol. The molecule has 2 aromatic carbocycles. The zero-order chi connectivity index (χ0) is 21.3. The lowest BCUT2D eigenvalue weighted by Gasteiger charge is -2.31. The summed E-state index contributed by atoms with van der Waals surface area (Å²) in [4.78, 5) is 24.5. The number of benzene rings is 2. The maximum absolute atomic E-state index is 13.0. The normalized spacial score (nSPS) is 20.5. The summed E-state index contributed by atoms with van der Waals surface area (Å²) in [6.45, 7) is 0.212. The largest absolute Gasteiger partial charge is 0.394 e. The van der Waals surface area contributed by atoms with E-state index in [1.807, 2.05) is 30.3 Å². The van der Waals surface area contributed by atoms with E-state index in [1.165, 1.54) is 24.3 Å². The van der Waals surface area contributed by atoms with E-state index in [4.69, 9.17) is 4.74 Å². The molecule has 1 aliphatic rings. The molecule has 7 heteroatoms. The molecule has 0 unspecified atom stereocenters. The van der Waals surface area contributed by atoms with Crippen molar-refractivity contribution >= 4 is 11.8 Å². The molecule has 2 amide bonds. The van der Waals surface area contributed by atoms with Gasteiger partial charge in [-0.3, -0.25) is 9.59 Å². The first-order valence-electron chi connectivity index (χ1n) is 9.87. The van der Waals surface area contributed by atoms with Gasteiger partial charge in [-0.05, 0) is 36.2 Å². The number of aliphatic hydroxyl groups is 1. The van der Waals surface area contributed by atoms with Crippen molar-refractivity contribution in [3.63, 3.8) is 0 Å². The van der Waals surface area contributed by atoms with Gasteiger partial charge in [0.15, 0.2) is 0 Å². The first-order chi connectivity index (χ1) is 14.5. The molecule has 0 fully saturated rings. The smallest absolute Gasteiger partial charge is 0.251 e. The number of amides is 2. The van der Waals surface area contributed by atoms with Crippen LogP contribution in [0.15, 0.2) is 66.7 Å². The maximum Gasteiger partial charge on any atom is 0.251 e. The lowest BCUT2D eigenvalue weighted by atomic mass is 10.0. The Hall–Kier alpha value is -3.03. The van der Waals surface area contributed by atoms with Crippen molar-refractivity contribution in [2.75, 3.05) is 13.2 Å². The molecule has 158 valence electrons. The third-order valence-corrected chi connectivity index (χ3v) is 4.83. The van der Waals surface area contributed by atoms with Crippen LogP contribution in [0.5, 0.6) is 0 Å². The lowest BCUT2D eigenvalue weighted by molar-refractivity contribution is -0.125. The predicted molar refractivity (Wildman–Crippen MR) is 110 cm³/mol. The van der Waals surface area contributed by atoms with Gasteiger partial charge >= 0.3 is 0 Å². The van der Waals surface area contributed by atoms with Crippen LogP contribution in [-0.2, 0) is 16.0 Å². The van der Waals surface area contributed by atoms with E-state index < -0.39 is 30.0 Å². The van der Waals surface area contributed by atoms with Crippen LogP contribution in [0.25, 0.3) is 0 Å². The van der Waals surface area contributed by atoms with Crippen molar-refractivity contribution in [3.8, 4) is 0 Å². The molecular formula is C23H25FN2O4. The Morgan fingerprint density at radius 1 is 1.03 bits per heavy atom. The van der Waals surface area contributed by atoms with E-state index in [0.717, 1.165) is 12.0 Å². The standard InChI is InChI=1S/C23H25FN2O4/c24-18-8-6-17(7-9-18)23(29)26-20-11-10-19(30-21(20)15-27)14-22(28)25-13-12-16-4-2-1-3-5-16/h1-11,19-21,27H,12-15H2,(H,25,28)(H,26,29)/t19-,20-,21+/m0/s1.